The van der Waals surface area contributed by atoms with E-state index in [4.69, 9.17) is 4.74 Å². The molecule has 5 nitrogen and oxygen atoms in total. The van der Waals surface area contributed by atoms with Crippen molar-refractivity contribution in [3.8, 4) is 5.75 Å². The summed E-state index contributed by atoms with van der Waals surface area (Å²) in [5, 5.41) is 12.1. The summed E-state index contributed by atoms with van der Waals surface area (Å²) in [6.45, 7) is 2.26. The maximum atomic E-state index is 12.5. The van der Waals surface area contributed by atoms with Gasteiger partial charge in [0, 0.05) is 6.54 Å². The predicted molar refractivity (Wildman–Crippen MR) is 95.7 cm³/mol. The number of carbonyl (C=O) groups excluding carboxylic acids is 1. The zero-order valence-electron chi connectivity index (χ0n) is 14.5. The summed E-state index contributed by atoms with van der Waals surface area (Å²) in [7, 11) is 1.51. The van der Waals surface area contributed by atoms with Crippen molar-refractivity contribution in [2.45, 2.75) is 26.3 Å². The van der Waals surface area contributed by atoms with Crippen molar-refractivity contribution in [2.75, 3.05) is 7.11 Å². The zero-order valence-corrected chi connectivity index (χ0v) is 14.5. The van der Waals surface area contributed by atoms with Gasteiger partial charge < -0.3 is 15.2 Å². The van der Waals surface area contributed by atoms with Crippen LogP contribution in [0.15, 0.2) is 48.5 Å². The summed E-state index contributed by atoms with van der Waals surface area (Å²) < 4.78 is 5.28. The highest BCUT2D eigenvalue weighted by Gasteiger charge is 2.18. The molecule has 0 saturated heterocycles. The van der Waals surface area contributed by atoms with Gasteiger partial charge in [0.15, 0.2) is 0 Å². The summed E-state index contributed by atoms with van der Waals surface area (Å²) in [5.41, 5.74) is 2.22. The number of methoxy groups -OCH3 is 1. The number of ether oxygens (including phenoxy) is 1. The van der Waals surface area contributed by atoms with E-state index in [1.165, 1.54) is 7.11 Å². The molecule has 0 radical (unpaired) electrons. The predicted octanol–water partition coefficient (Wildman–Crippen LogP) is 3.28. The summed E-state index contributed by atoms with van der Waals surface area (Å²) in [5.74, 6) is -1.06. The van der Waals surface area contributed by atoms with Crippen LogP contribution in [0.5, 0.6) is 5.75 Å². The molecule has 0 bridgehead atoms. The molecule has 5 heteroatoms. The monoisotopic (exact) mass is 341 g/mol. The van der Waals surface area contributed by atoms with Crippen LogP contribution in [-0.2, 0) is 17.8 Å². The van der Waals surface area contributed by atoms with Crippen LogP contribution in [0.1, 0.15) is 34.8 Å². The molecule has 2 aromatic carbocycles. The van der Waals surface area contributed by atoms with Crippen LogP contribution >= 0.6 is 0 Å². The van der Waals surface area contributed by atoms with Crippen molar-refractivity contribution >= 4 is 11.9 Å². The minimum Gasteiger partial charge on any atom is -0.496 e. The van der Waals surface area contributed by atoms with Crippen molar-refractivity contribution in [1.29, 1.82) is 0 Å². The second-order valence-corrected chi connectivity index (χ2v) is 5.85. The van der Waals surface area contributed by atoms with Crippen molar-refractivity contribution in [3.05, 3.63) is 65.2 Å². The Morgan fingerprint density at radius 2 is 1.84 bits per heavy atom. The van der Waals surface area contributed by atoms with Crippen molar-refractivity contribution in [2.24, 2.45) is 5.92 Å². The highest BCUT2D eigenvalue weighted by molar-refractivity contribution is 5.97. The molecule has 1 atom stereocenters. The van der Waals surface area contributed by atoms with E-state index >= 15 is 0 Å². The first kappa shape index (κ1) is 18.5. The molecule has 0 aromatic heterocycles. The van der Waals surface area contributed by atoms with Gasteiger partial charge in [0.05, 0.1) is 18.6 Å². The largest absolute Gasteiger partial charge is 0.496 e. The Kier molecular flexibility index (Phi) is 6.57. The molecule has 0 aliphatic rings. The maximum Gasteiger partial charge on any atom is 0.306 e. The lowest BCUT2D eigenvalue weighted by Gasteiger charge is -2.14. The van der Waals surface area contributed by atoms with Crippen LogP contribution in [0, 0.1) is 5.92 Å². The van der Waals surface area contributed by atoms with Crippen LogP contribution in [0.25, 0.3) is 0 Å². The number of hydrogen-bond acceptors (Lipinski definition) is 3. The topological polar surface area (TPSA) is 75.6 Å². The fraction of sp³-hybridized carbons (Fsp3) is 0.300. The zero-order chi connectivity index (χ0) is 18.2. The third kappa shape index (κ3) is 5.08. The van der Waals surface area contributed by atoms with E-state index in [-0.39, 0.29) is 5.91 Å². The molecule has 132 valence electrons. The number of amides is 1. The standard InChI is InChI=1S/C20H23NO4/c1-3-16(20(23)24)11-15-9-10-18(25-2)17(12-15)19(22)21-13-14-7-5-4-6-8-14/h4-10,12,16H,3,11,13H2,1-2H3,(H,21,22)(H,23,24)/t16-/m0/s1. The molecule has 0 spiro atoms. The van der Waals surface area contributed by atoms with Gasteiger partial charge in [-0.1, -0.05) is 43.3 Å². The lowest BCUT2D eigenvalue weighted by Crippen LogP contribution is -2.23. The summed E-state index contributed by atoms with van der Waals surface area (Å²) in [6, 6.07) is 14.9. The van der Waals surface area contributed by atoms with E-state index < -0.39 is 11.9 Å². The summed E-state index contributed by atoms with van der Waals surface area (Å²) in [4.78, 5) is 23.8. The number of hydrogen-bond donors (Lipinski definition) is 2. The van der Waals surface area contributed by atoms with Crippen molar-refractivity contribution < 1.29 is 19.4 Å². The number of rotatable bonds is 8. The minimum absolute atomic E-state index is 0.245. The van der Waals surface area contributed by atoms with Gasteiger partial charge in [0.25, 0.3) is 5.91 Å². The van der Waals surface area contributed by atoms with Gasteiger partial charge in [-0.15, -0.1) is 0 Å². The van der Waals surface area contributed by atoms with Crippen molar-refractivity contribution in [1.82, 2.24) is 5.32 Å². The summed E-state index contributed by atoms with van der Waals surface area (Å²) in [6.07, 6.45) is 0.922. The van der Waals surface area contributed by atoms with Gasteiger partial charge in [-0.2, -0.15) is 0 Å². The maximum absolute atomic E-state index is 12.5. The normalized spacial score (nSPS) is 11.6. The Bertz CT molecular complexity index is 728. The van der Waals surface area contributed by atoms with Gasteiger partial charge in [-0.05, 0) is 36.1 Å². The van der Waals surface area contributed by atoms with Crippen LogP contribution in [0.3, 0.4) is 0 Å². The van der Waals surface area contributed by atoms with E-state index in [9.17, 15) is 14.7 Å². The van der Waals surface area contributed by atoms with Crippen molar-refractivity contribution in [3.63, 3.8) is 0 Å². The van der Waals surface area contributed by atoms with E-state index in [1.54, 1.807) is 18.2 Å². The minimum atomic E-state index is -0.826. The molecule has 1 amide bonds. The van der Waals surface area contributed by atoms with Gasteiger partial charge in [-0.25, -0.2) is 0 Å². The number of carboxylic acids is 1. The average molecular weight is 341 g/mol. The number of nitrogens with one attached hydrogen (secondary N) is 1. The lowest BCUT2D eigenvalue weighted by atomic mass is 9.95. The Morgan fingerprint density at radius 3 is 2.44 bits per heavy atom. The number of aliphatic carboxylic acids is 1. The Balaban J connectivity index is 2.15. The first-order valence-corrected chi connectivity index (χ1v) is 8.27. The lowest BCUT2D eigenvalue weighted by molar-refractivity contribution is -0.141. The van der Waals surface area contributed by atoms with E-state index in [0.717, 1.165) is 11.1 Å². The van der Waals surface area contributed by atoms with Crippen LogP contribution < -0.4 is 10.1 Å². The average Bonchev–Trinajstić information content (AvgIpc) is 2.64. The molecule has 2 aromatic rings. The van der Waals surface area contributed by atoms with Gasteiger partial charge in [0.1, 0.15) is 5.75 Å². The van der Waals surface area contributed by atoms with Crippen LogP contribution in [-0.4, -0.2) is 24.1 Å². The Labute approximate surface area is 147 Å². The molecular weight excluding hydrogens is 318 g/mol. The fourth-order valence-electron chi connectivity index (χ4n) is 2.62. The first-order chi connectivity index (χ1) is 12.0. The molecule has 0 unspecified atom stereocenters. The molecular formula is C20H23NO4. The smallest absolute Gasteiger partial charge is 0.306 e. The van der Waals surface area contributed by atoms with Crippen LogP contribution in [0.4, 0.5) is 0 Å². The molecule has 2 N–H and O–H groups in total. The third-order valence-corrected chi connectivity index (χ3v) is 4.13. The SMILES string of the molecule is CC[C@@H](Cc1ccc(OC)c(C(=O)NCc2ccccc2)c1)C(=O)O. The van der Waals surface area contributed by atoms with E-state index in [2.05, 4.69) is 5.32 Å². The number of benzene rings is 2. The van der Waals surface area contributed by atoms with Gasteiger partial charge in [-0.3, -0.25) is 9.59 Å². The Morgan fingerprint density at radius 1 is 1.12 bits per heavy atom. The molecule has 25 heavy (non-hydrogen) atoms. The summed E-state index contributed by atoms with van der Waals surface area (Å²) >= 11 is 0. The number of carboxylic acid groups (broad SMARTS) is 1. The van der Waals surface area contributed by atoms with E-state index in [0.29, 0.717) is 30.7 Å². The second kappa shape index (κ2) is 8.87. The van der Waals surface area contributed by atoms with Gasteiger partial charge >= 0.3 is 5.97 Å². The highest BCUT2D eigenvalue weighted by Crippen LogP contribution is 2.22. The first-order valence-electron chi connectivity index (χ1n) is 8.27. The quantitative estimate of drug-likeness (QED) is 0.772. The molecule has 0 saturated carbocycles. The molecule has 0 aliphatic carbocycles. The highest BCUT2D eigenvalue weighted by atomic mass is 16.5. The Hall–Kier alpha value is -2.82. The second-order valence-electron chi connectivity index (χ2n) is 5.85. The molecule has 0 aliphatic heterocycles. The third-order valence-electron chi connectivity index (χ3n) is 4.13. The van der Waals surface area contributed by atoms with Gasteiger partial charge in [0.2, 0.25) is 0 Å². The molecule has 0 heterocycles. The van der Waals surface area contributed by atoms with E-state index in [1.807, 2.05) is 37.3 Å². The molecule has 2 rings (SSSR count). The van der Waals surface area contributed by atoms with Crippen LogP contribution in [0.2, 0.25) is 0 Å². The fourth-order valence-corrected chi connectivity index (χ4v) is 2.62. The molecule has 0 fully saturated rings. The number of carbonyl (C=O) groups is 2.